The summed E-state index contributed by atoms with van der Waals surface area (Å²) in [5.74, 6) is 0. The number of ether oxygens (including phenoxy) is 2. The summed E-state index contributed by atoms with van der Waals surface area (Å²) < 4.78 is 12.1. The predicted octanol–water partition coefficient (Wildman–Crippen LogP) is 1.24. The highest BCUT2D eigenvalue weighted by Gasteiger charge is 2.00. The molecular formula is C9H16N2O2. The van der Waals surface area contributed by atoms with Crippen molar-refractivity contribution in [2.24, 2.45) is 7.05 Å². The summed E-state index contributed by atoms with van der Waals surface area (Å²) in [5, 5.41) is 4.21. The van der Waals surface area contributed by atoms with E-state index in [4.69, 9.17) is 9.47 Å². The largest absolute Gasteiger partial charge is 0.356 e. The molecule has 0 fully saturated rings. The molecule has 0 aliphatic carbocycles. The fraction of sp³-hybridized carbons (Fsp3) is 0.667. The smallest absolute Gasteiger partial charge is 0.147 e. The maximum atomic E-state index is 5.27. The molecular weight excluding hydrogens is 168 g/mol. The molecule has 0 aromatic carbocycles. The quantitative estimate of drug-likeness (QED) is 0.510. The van der Waals surface area contributed by atoms with Crippen molar-refractivity contribution >= 4 is 0 Å². The van der Waals surface area contributed by atoms with Crippen LogP contribution in [-0.4, -0.2) is 23.2 Å². The second-order valence-corrected chi connectivity index (χ2v) is 2.86. The van der Waals surface area contributed by atoms with Gasteiger partial charge in [0.15, 0.2) is 0 Å². The number of hydrogen-bond acceptors (Lipinski definition) is 3. The first-order chi connectivity index (χ1) is 6.24. The van der Waals surface area contributed by atoms with Crippen LogP contribution < -0.4 is 0 Å². The fourth-order valence-corrected chi connectivity index (χ4v) is 1.09. The average Bonchev–Trinajstić information content (AvgIpc) is 2.39. The molecule has 1 aromatic rings. The second kappa shape index (κ2) is 4.99. The lowest BCUT2D eigenvalue weighted by atomic mass is 10.4. The first-order valence-electron chi connectivity index (χ1n) is 4.39. The summed E-state index contributed by atoms with van der Waals surface area (Å²) in [6.45, 7) is 5.49. The summed E-state index contributed by atoms with van der Waals surface area (Å²) in [6, 6.07) is 2.01. The van der Waals surface area contributed by atoms with Crippen LogP contribution in [0.5, 0.6) is 0 Å². The lowest BCUT2D eigenvalue weighted by molar-refractivity contribution is -0.0587. The summed E-state index contributed by atoms with van der Waals surface area (Å²) >= 11 is 0. The molecule has 4 heteroatoms. The topological polar surface area (TPSA) is 36.3 Å². The highest BCUT2D eigenvalue weighted by molar-refractivity contribution is 5.07. The van der Waals surface area contributed by atoms with Gasteiger partial charge < -0.3 is 9.47 Å². The predicted molar refractivity (Wildman–Crippen MR) is 49.2 cm³/mol. The van der Waals surface area contributed by atoms with Crippen molar-refractivity contribution in [2.75, 3.05) is 13.4 Å². The minimum atomic E-state index is 0.348. The van der Waals surface area contributed by atoms with Gasteiger partial charge in [-0.05, 0) is 19.9 Å². The van der Waals surface area contributed by atoms with Crippen molar-refractivity contribution in [3.8, 4) is 0 Å². The Labute approximate surface area is 78.5 Å². The monoisotopic (exact) mass is 184 g/mol. The zero-order valence-electron chi connectivity index (χ0n) is 8.41. The molecule has 0 aliphatic heterocycles. The molecule has 0 N–H and O–H groups in total. The summed E-state index contributed by atoms with van der Waals surface area (Å²) in [7, 11) is 1.91. The number of aryl methyl sites for hydroxylation is 2. The molecule has 0 unspecified atom stereocenters. The molecule has 0 aliphatic rings. The lowest BCUT2D eigenvalue weighted by Gasteiger charge is -2.03. The van der Waals surface area contributed by atoms with Crippen LogP contribution in [0, 0.1) is 6.92 Å². The molecule has 74 valence electrons. The van der Waals surface area contributed by atoms with Crippen molar-refractivity contribution in [3.63, 3.8) is 0 Å². The first kappa shape index (κ1) is 10.2. The summed E-state index contributed by atoms with van der Waals surface area (Å²) in [4.78, 5) is 0. The van der Waals surface area contributed by atoms with Crippen LogP contribution in [0.3, 0.4) is 0 Å². The molecule has 13 heavy (non-hydrogen) atoms. The van der Waals surface area contributed by atoms with Gasteiger partial charge in [0, 0.05) is 13.7 Å². The zero-order valence-corrected chi connectivity index (χ0v) is 8.41. The highest BCUT2D eigenvalue weighted by atomic mass is 16.7. The van der Waals surface area contributed by atoms with Gasteiger partial charge in [-0.2, -0.15) is 5.10 Å². The minimum absolute atomic E-state index is 0.348. The molecule has 0 amide bonds. The van der Waals surface area contributed by atoms with E-state index in [1.807, 2.05) is 31.6 Å². The molecule has 0 atom stereocenters. The van der Waals surface area contributed by atoms with Gasteiger partial charge in [-0.25, -0.2) is 0 Å². The molecule has 1 aromatic heterocycles. The molecule has 1 heterocycles. The Morgan fingerprint density at radius 3 is 2.77 bits per heavy atom. The van der Waals surface area contributed by atoms with Gasteiger partial charge in [0.25, 0.3) is 0 Å². The Hall–Kier alpha value is -0.870. The van der Waals surface area contributed by atoms with Crippen LogP contribution in [0.1, 0.15) is 18.3 Å². The Morgan fingerprint density at radius 2 is 2.23 bits per heavy atom. The van der Waals surface area contributed by atoms with Crippen LogP contribution in [0.15, 0.2) is 6.07 Å². The SMILES string of the molecule is CCOCOCc1cc(C)nn1C. The van der Waals surface area contributed by atoms with E-state index in [1.165, 1.54) is 0 Å². The van der Waals surface area contributed by atoms with Crippen LogP contribution in [0.2, 0.25) is 0 Å². The van der Waals surface area contributed by atoms with Crippen LogP contribution in [-0.2, 0) is 23.1 Å². The van der Waals surface area contributed by atoms with Gasteiger partial charge in [-0.1, -0.05) is 0 Å². The zero-order chi connectivity index (χ0) is 9.68. The number of hydrogen-bond donors (Lipinski definition) is 0. The van der Waals surface area contributed by atoms with Crippen molar-refractivity contribution < 1.29 is 9.47 Å². The summed E-state index contributed by atoms with van der Waals surface area (Å²) in [5.41, 5.74) is 2.08. The lowest BCUT2D eigenvalue weighted by Crippen LogP contribution is -2.04. The van der Waals surface area contributed by atoms with E-state index >= 15 is 0 Å². The van der Waals surface area contributed by atoms with E-state index in [0.717, 1.165) is 11.4 Å². The van der Waals surface area contributed by atoms with Crippen LogP contribution in [0.25, 0.3) is 0 Å². The Kier molecular flexibility index (Phi) is 3.92. The summed E-state index contributed by atoms with van der Waals surface area (Å²) in [6.07, 6.45) is 0. The molecule has 0 saturated heterocycles. The fourth-order valence-electron chi connectivity index (χ4n) is 1.09. The third kappa shape index (κ3) is 3.16. The van der Waals surface area contributed by atoms with Gasteiger partial charge >= 0.3 is 0 Å². The van der Waals surface area contributed by atoms with E-state index in [2.05, 4.69) is 5.10 Å². The normalized spacial score (nSPS) is 10.7. The molecule has 4 nitrogen and oxygen atoms in total. The van der Waals surface area contributed by atoms with E-state index in [1.54, 1.807) is 0 Å². The van der Waals surface area contributed by atoms with Gasteiger partial charge in [-0.15, -0.1) is 0 Å². The van der Waals surface area contributed by atoms with Crippen molar-refractivity contribution in [3.05, 3.63) is 17.5 Å². The van der Waals surface area contributed by atoms with Crippen molar-refractivity contribution in [2.45, 2.75) is 20.5 Å². The number of nitrogens with zero attached hydrogens (tertiary/aromatic N) is 2. The number of aromatic nitrogens is 2. The third-order valence-electron chi connectivity index (χ3n) is 1.72. The highest BCUT2D eigenvalue weighted by Crippen LogP contribution is 2.02. The molecule has 0 radical (unpaired) electrons. The molecule has 0 bridgehead atoms. The molecule has 1 rings (SSSR count). The van der Waals surface area contributed by atoms with Crippen LogP contribution >= 0.6 is 0 Å². The third-order valence-corrected chi connectivity index (χ3v) is 1.72. The Bertz CT molecular complexity index is 258. The first-order valence-corrected chi connectivity index (χ1v) is 4.39. The van der Waals surface area contributed by atoms with Gasteiger partial charge in [0.05, 0.1) is 18.0 Å². The van der Waals surface area contributed by atoms with E-state index in [0.29, 0.717) is 20.0 Å². The molecule has 0 saturated carbocycles. The van der Waals surface area contributed by atoms with E-state index in [9.17, 15) is 0 Å². The second-order valence-electron chi connectivity index (χ2n) is 2.86. The van der Waals surface area contributed by atoms with Gasteiger partial charge in [0.2, 0.25) is 0 Å². The maximum absolute atomic E-state index is 5.27. The number of rotatable bonds is 5. The van der Waals surface area contributed by atoms with Crippen molar-refractivity contribution in [1.29, 1.82) is 0 Å². The maximum Gasteiger partial charge on any atom is 0.147 e. The van der Waals surface area contributed by atoms with Crippen molar-refractivity contribution in [1.82, 2.24) is 9.78 Å². The van der Waals surface area contributed by atoms with Gasteiger partial charge in [0.1, 0.15) is 6.79 Å². The van der Waals surface area contributed by atoms with Gasteiger partial charge in [-0.3, -0.25) is 4.68 Å². The Morgan fingerprint density at radius 1 is 1.46 bits per heavy atom. The molecule has 0 spiro atoms. The van der Waals surface area contributed by atoms with E-state index < -0.39 is 0 Å². The average molecular weight is 184 g/mol. The Balaban J connectivity index is 2.32. The minimum Gasteiger partial charge on any atom is -0.356 e. The standard InChI is InChI=1S/C9H16N2O2/c1-4-12-7-13-6-9-5-8(2)10-11(9)3/h5H,4,6-7H2,1-3H3. The van der Waals surface area contributed by atoms with Crippen LogP contribution in [0.4, 0.5) is 0 Å². The van der Waals surface area contributed by atoms with E-state index in [-0.39, 0.29) is 0 Å².